The number of nitrogens with one attached hydrogen (secondary N) is 1. The molecule has 1 aromatic carbocycles. The average molecular weight is 253 g/mol. The molecule has 3 atom stereocenters. The third-order valence-corrected chi connectivity index (χ3v) is 4.33. The predicted molar refractivity (Wildman–Crippen MR) is 75.8 cm³/mol. The van der Waals surface area contributed by atoms with Crippen molar-refractivity contribution in [3.05, 3.63) is 35.9 Å². The first-order valence-electron chi connectivity index (χ1n) is 6.19. The van der Waals surface area contributed by atoms with Crippen molar-refractivity contribution in [2.75, 3.05) is 12.8 Å². The molecule has 3 heteroatoms. The molecular formula is C14H23NOS. The minimum atomic E-state index is -0.729. The van der Waals surface area contributed by atoms with Gasteiger partial charge in [0, 0.05) is 34.9 Å². The molecule has 0 bridgehead atoms. The van der Waals surface area contributed by atoms with Gasteiger partial charge in [0.05, 0.1) is 0 Å². The zero-order valence-electron chi connectivity index (χ0n) is 11.0. The van der Waals surface area contributed by atoms with Crippen LogP contribution in [0, 0.1) is 0 Å². The second-order valence-corrected chi connectivity index (χ2v) is 6.44. The van der Waals surface area contributed by atoms with E-state index in [4.69, 9.17) is 0 Å². The first kappa shape index (κ1) is 14.4. The summed E-state index contributed by atoms with van der Waals surface area (Å²) in [5, 5.41) is 3.67. The second-order valence-electron chi connectivity index (χ2n) is 4.64. The summed E-state index contributed by atoms with van der Waals surface area (Å²) in [5.74, 6) is 0. The highest BCUT2D eigenvalue weighted by Crippen LogP contribution is 2.05. The second kappa shape index (κ2) is 7.62. The number of rotatable bonds is 7. The Morgan fingerprint density at radius 3 is 2.47 bits per heavy atom. The molecule has 1 N–H and O–H groups in total. The van der Waals surface area contributed by atoms with E-state index in [0.717, 1.165) is 19.4 Å². The minimum Gasteiger partial charge on any atom is -0.313 e. The maximum absolute atomic E-state index is 11.2. The fraction of sp³-hybridized carbons (Fsp3) is 0.571. The quantitative estimate of drug-likeness (QED) is 0.808. The molecule has 0 aromatic heterocycles. The molecule has 1 rings (SSSR count). The molecule has 0 amide bonds. The Bertz CT molecular complexity index is 339. The lowest BCUT2D eigenvalue weighted by Gasteiger charge is -2.16. The molecule has 0 radical (unpaired) electrons. The van der Waals surface area contributed by atoms with Crippen LogP contribution in [0.4, 0.5) is 0 Å². The number of benzene rings is 1. The van der Waals surface area contributed by atoms with E-state index in [1.165, 1.54) is 5.56 Å². The molecule has 0 saturated carbocycles. The van der Waals surface area contributed by atoms with E-state index in [1.807, 2.05) is 13.0 Å². The van der Waals surface area contributed by atoms with E-state index in [-0.39, 0.29) is 5.25 Å². The van der Waals surface area contributed by atoms with Gasteiger partial charge in [-0.2, -0.15) is 0 Å². The van der Waals surface area contributed by atoms with Gasteiger partial charge in [0.1, 0.15) is 0 Å². The van der Waals surface area contributed by atoms with Crippen molar-refractivity contribution in [2.24, 2.45) is 0 Å². The minimum absolute atomic E-state index is 0.231. The Morgan fingerprint density at radius 1 is 1.24 bits per heavy atom. The summed E-state index contributed by atoms with van der Waals surface area (Å²) in [6, 6.07) is 11.0. The average Bonchev–Trinajstić information content (AvgIpc) is 2.34. The first-order chi connectivity index (χ1) is 8.09. The van der Waals surface area contributed by atoms with Crippen LogP contribution in [0.5, 0.6) is 0 Å². The molecule has 96 valence electrons. The number of hydrogen-bond acceptors (Lipinski definition) is 2. The third-order valence-electron chi connectivity index (χ3n) is 3.03. The van der Waals surface area contributed by atoms with E-state index < -0.39 is 10.8 Å². The van der Waals surface area contributed by atoms with Crippen molar-refractivity contribution < 1.29 is 4.21 Å². The van der Waals surface area contributed by atoms with Crippen molar-refractivity contribution in [3.8, 4) is 0 Å². The lowest BCUT2D eigenvalue weighted by Crippen LogP contribution is -2.34. The summed E-state index contributed by atoms with van der Waals surface area (Å²) in [6.07, 6.45) is 3.98. The number of hydrogen-bond donors (Lipinski definition) is 1. The molecule has 0 aliphatic carbocycles. The molecule has 0 aliphatic rings. The van der Waals surface area contributed by atoms with Gasteiger partial charge in [-0.3, -0.25) is 4.21 Å². The Balaban J connectivity index is 2.22. The highest BCUT2D eigenvalue weighted by molar-refractivity contribution is 7.84. The molecule has 1 aromatic rings. The SMILES string of the molecule is CC(CCc1ccccc1)NCC(C)S(C)=O. The van der Waals surface area contributed by atoms with Crippen molar-refractivity contribution in [2.45, 2.75) is 38.0 Å². The zero-order valence-corrected chi connectivity index (χ0v) is 11.8. The highest BCUT2D eigenvalue weighted by Gasteiger charge is 2.08. The van der Waals surface area contributed by atoms with Gasteiger partial charge in [-0.1, -0.05) is 30.3 Å². The molecular weight excluding hydrogens is 230 g/mol. The van der Waals surface area contributed by atoms with Crippen LogP contribution in [0.25, 0.3) is 0 Å². The topological polar surface area (TPSA) is 29.1 Å². The van der Waals surface area contributed by atoms with Crippen LogP contribution in [-0.2, 0) is 17.2 Å². The largest absolute Gasteiger partial charge is 0.313 e. The van der Waals surface area contributed by atoms with Crippen LogP contribution in [0.1, 0.15) is 25.8 Å². The summed E-state index contributed by atoms with van der Waals surface area (Å²) < 4.78 is 11.2. The Morgan fingerprint density at radius 2 is 1.88 bits per heavy atom. The van der Waals surface area contributed by atoms with Gasteiger partial charge in [0.25, 0.3) is 0 Å². The van der Waals surface area contributed by atoms with Gasteiger partial charge in [-0.15, -0.1) is 0 Å². The molecule has 0 spiro atoms. The normalized spacial score (nSPS) is 16.4. The van der Waals surface area contributed by atoms with Crippen LogP contribution >= 0.6 is 0 Å². The van der Waals surface area contributed by atoms with Crippen LogP contribution in [0.3, 0.4) is 0 Å². The van der Waals surface area contributed by atoms with Crippen molar-refractivity contribution in [1.29, 1.82) is 0 Å². The predicted octanol–water partition coefficient (Wildman–Crippen LogP) is 2.36. The Hall–Kier alpha value is -0.670. The van der Waals surface area contributed by atoms with Crippen molar-refractivity contribution in [3.63, 3.8) is 0 Å². The molecule has 0 saturated heterocycles. The van der Waals surface area contributed by atoms with E-state index >= 15 is 0 Å². The van der Waals surface area contributed by atoms with Crippen molar-refractivity contribution >= 4 is 10.8 Å². The fourth-order valence-electron chi connectivity index (χ4n) is 1.61. The summed E-state index contributed by atoms with van der Waals surface area (Å²) >= 11 is 0. The smallest absolute Gasteiger partial charge is 0.0441 e. The summed E-state index contributed by atoms with van der Waals surface area (Å²) in [5.41, 5.74) is 1.38. The van der Waals surface area contributed by atoms with Gasteiger partial charge in [-0.05, 0) is 32.3 Å². The van der Waals surface area contributed by atoms with E-state index in [9.17, 15) is 4.21 Å². The van der Waals surface area contributed by atoms with Gasteiger partial charge >= 0.3 is 0 Å². The highest BCUT2D eigenvalue weighted by atomic mass is 32.2. The molecule has 0 fully saturated rings. The van der Waals surface area contributed by atoms with Crippen LogP contribution < -0.4 is 5.32 Å². The van der Waals surface area contributed by atoms with Crippen molar-refractivity contribution in [1.82, 2.24) is 5.32 Å². The lowest BCUT2D eigenvalue weighted by atomic mass is 10.1. The summed E-state index contributed by atoms with van der Waals surface area (Å²) in [7, 11) is -0.729. The van der Waals surface area contributed by atoms with E-state index in [2.05, 4.69) is 36.5 Å². The standard InChI is InChI=1S/C14H23NOS/c1-12(15-11-13(2)17(3)16)9-10-14-7-5-4-6-8-14/h4-8,12-13,15H,9-11H2,1-3H3. The summed E-state index contributed by atoms with van der Waals surface area (Å²) in [6.45, 7) is 5.04. The maximum Gasteiger partial charge on any atom is 0.0441 e. The van der Waals surface area contributed by atoms with Gasteiger partial charge in [0.15, 0.2) is 0 Å². The maximum atomic E-state index is 11.2. The number of aryl methyl sites for hydroxylation is 1. The zero-order chi connectivity index (χ0) is 12.7. The molecule has 3 unspecified atom stereocenters. The van der Waals surface area contributed by atoms with Crippen LogP contribution in [0.2, 0.25) is 0 Å². The van der Waals surface area contributed by atoms with Gasteiger partial charge in [0.2, 0.25) is 0 Å². The Kier molecular flexibility index (Phi) is 6.45. The Labute approximate surface area is 107 Å². The van der Waals surface area contributed by atoms with E-state index in [1.54, 1.807) is 6.26 Å². The van der Waals surface area contributed by atoms with Gasteiger partial charge in [-0.25, -0.2) is 0 Å². The van der Waals surface area contributed by atoms with Gasteiger partial charge < -0.3 is 5.32 Å². The first-order valence-corrected chi connectivity index (χ1v) is 7.81. The summed E-state index contributed by atoms with van der Waals surface area (Å²) in [4.78, 5) is 0. The molecule has 17 heavy (non-hydrogen) atoms. The molecule has 0 aliphatic heterocycles. The van der Waals surface area contributed by atoms with E-state index in [0.29, 0.717) is 6.04 Å². The van der Waals surface area contributed by atoms with Crippen LogP contribution in [0.15, 0.2) is 30.3 Å². The van der Waals surface area contributed by atoms with Crippen LogP contribution in [-0.4, -0.2) is 28.3 Å². The molecule has 2 nitrogen and oxygen atoms in total. The fourth-order valence-corrected chi connectivity index (χ4v) is 1.95. The monoisotopic (exact) mass is 253 g/mol. The molecule has 0 heterocycles. The third kappa shape index (κ3) is 5.99. The lowest BCUT2D eigenvalue weighted by molar-refractivity contribution is 0.514.